The molecule has 2 fully saturated rings. The number of carbonyl (C=O) groups is 2. The molecular formula is C33H41FN6O3. The van der Waals surface area contributed by atoms with Gasteiger partial charge in [-0.25, -0.2) is 14.4 Å². The molecule has 0 unspecified atom stereocenters. The fourth-order valence-electron chi connectivity index (χ4n) is 5.81. The van der Waals surface area contributed by atoms with Crippen LogP contribution in [0.3, 0.4) is 0 Å². The van der Waals surface area contributed by atoms with Crippen LogP contribution in [0.1, 0.15) is 68.9 Å². The van der Waals surface area contributed by atoms with Gasteiger partial charge in [0, 0.05) is 74.9 Å². The van der Waals surface area contributed by atoms with Crippen molar-refractivity contribution in [2.24, 2.45) is 5.92 Å². The summed E-state index contributed by atoms with van der Waals surface area (Å²) in [5.74, 6) is 0.0723. The van der Waals surface area contributed by atoms with Crippen molar-refractivity contribution in [2.45, 2.75) is 70.6 Å². The van der Waals surface area contributed by atoms with E-state index in [0.29, 0.717) is 43.6 Å². The molecule has 3 atom stereocenters. The zero-order chi connectivity index (χ0) is 30.5. The quantitative estimate of drug-likeness (QED) is 0.352. The summed E-state index contributed by atoms with van der Waals surface area (Å²) in [7, 11) is 1.62. The van der Waals surface area contributed by atoms with Crippen molar-refractivity contribution in [2.75, 3.05) is 26.8 Å². The molecule has 3 heterocycles. The molecule has 1 aliphatic heterocycles. The van der Waals surface area contributed by atoms with Gasteiger partial charge in [-0.3, -0.25) is 19.5 Å². The molecular weight excluding hydrogens is 547 g/mol. The van der Waals surface area contributed by atoms with E-state index in [4.69, 9.17) is 9.72 Å². The van der Waals surface area contributed by atoms with Gasteiger partial charge >= 0.3 is 0 Å². The second-order valence-electron chi connectivity index (χ2n) is 11.9. The van der Waals surface area contributed by atoms with E-state index >= 15 is 4.39 Å². The molecule has 0 bridgehead atoms. The predicted molar refractivity (Wildman–Crippen MR) is 161 cm³/mol. The minimum Gasteiger partial charge on any atom is -0.385 e. The van der Waals surface area contributed by atoms with Gasteiger partial charge in [0.15, 0.2) is 5.82 Å². The summed E-state index contributed by atoms with van der Waals surface area (Å²) < 4.78 is 20.7. The molecule has 1 saturated heterocycles. The first kappa shape index (κ1) is 30.7. The number of ether oxygens (including phenoxy) is 1. The Morgan fingerprint density at radius 3 is 2.44 bits per heavy atom. The number of pyridine rings is 1. The second-order valence-corrected chi connectivity index (χ2v) is 11.9. The van der Waals surface area contributed by atoms with Crippen molar-refractivity contribution in [3.05, 3.63) is 77.6 Å². The first-order chi connectivity index (χ1) is 20.8. The molecule has 2 aliphatic rings. The highest BCUT2D eigenvalue weighted by atomic mass is 19.1. The van der Waals surface area contributed by atoms with Gasteiger partial charge < -0.3 is 15.0 Å². The predicted octanol–water partition coefficient (Wildman–Crippen LogP) is 4.51. The molecule has 1 N–H and O–H groups in total. The Hall–Kier alpha value is -3.76. The van der Waals surface area contributed by atoms with Crippen molar-refractivity contribution < 1.29 is 18.7 Å². The first-order valence-corrected chi connectivity index (χ1v) is 15.1. The molecule has 0 radical (unpaired) electrons. The number of halogens is 1. The minimum atomic E-state index is -0.740. The van der Waals surface area contributed by atoms with E-state index < -0.39 is 6.04 Å². The molecule has 2 aromatic heterocycles. The molecule has 1 aliphatic carbocycles. The molecule has 2 amide bonds. The highest BCUT2D eigenvalue weighted by molar-refractivity contribution is 5.89. The summed E-state index contributed by atoms with van der Waals surface area (Å²) in [4.78, 5) is 44.4. The normalized spacial score (nSPS) is 19.8. The smallest absolute Gasteiger partial charge is 0.244 e. The molecule has 5 rings (SSSR count). The lowest BCUT2D eigenvalue weighted by Crippen LogP contribution is -2.65. The summed E-state index contributed by atoms with van der Waals surface area (Å²) in [6.45, 7) is 7.12. The van der Waals surface area contributed by atoms with Crippen molar-refractivity contribution in [3.63, 3.8) is 0 Å². The number of methoxy groups -OCH3 is 1. The van der Waals surface area contributed by atoms with E-state index in [0.717, 1.165) is 29.7 Å². The van der Waals surface area contributed by atoms with Gasteiger partial charge in [0.2, 0.25) is 11.8 Å². The summed E-state index contributed by atoms with van der Waals surface area (Å²) in [6, 6.07) is 11.4. The van der Waals surface area contributed by atoms with Gasteiger partial charge in [0.1, 0.15) is 11.9 Å². The van der Waals surface area contributed by atoms with Crippen molar-refractivity contribution in [1.82, 2.24) is 30.1 Å². The number of rotatable bonds is 11. The Kier molecular flexibility index (Phi) is 9.77. The Labute approximate surface area is 252 Å². The maximum Gasteiger partial charge on any atom is 0.244 e. The molecule has 1 saturated carbocycles. The van der Waals surface area contributed by atoms with Crippen LogP contribution >= 0.6 is 0 Å². The molecule has 3 aromatic rings. The first-order valence-electron chi connectivity index (χ1n) is 15.1. The number of nitrogens with zero attached hydrogens (tertiary/aromatic N) is 5. The van der Waals surface area contributed by atoms with E-state index in [1.807, 2.05) is 45.0 Å². The largest absolute Gasteiger partial charge is 0.385 e. The number of hydrogen-bond acceptors (Lipinski definition) is 7. The maximum absolute atomic E-state index is 15.3. The number of nitrogens with one attached hydrogen (secondary N) is 1. The van der Waals surface area contributed by atoms with E-state index in [1.165, 1.54) is 6.07 Å². The standard InChI is InChI=1S/C33H41FN6O3/c1-21(2)33(42)40-22(3)19-39(28(14-17-43-4)30-26(34)12-13-27(38-30)24-10-11-24)20-29(40)32(41)37-18-23-6-8-25(9-7-23)31-35-15-5-16-36-31/h5-9,12-13,15-16,21-22,24,28-29H,10-11,14,17-20H2,1-4H3,(H,37,41)/t22-,28-,29-/m1/s1. The average molecular weight is 589 g/mol. The molecule has 1 aromatic carbocycles. The van der Waals surface area contributed by atoms with E-state index in [2.05, 4.69) is 20.2 Å². The second kappa shape index (κ2) is 13.7. The Morgan fingerprint density at radius 2 is 1.79 bits per heavy atom. The van der Waals surface area contributed by atoms with Crippen LogP contribution in [-0.2, 0) is 20.9 Å². The van der Waals surface area contributed by atoms with Gasteiger partial charge in [0.05, 0.1) is 11.7 Å². The summed E-state index contributed by atoms with van der Waals surface area (Å²) in [5, 5.41) is 3.05. The number of carbonyl (C=O) groups excluding carboxylic acids is 2. The lowest BCUT2D eigenvalue weighted by Gasteiger charge is -2.47. The summed E-state index contributed by atoms with van der Waals surface area (Å²) in [5.41, 5.74) is 3.10. The topological polar surface area (TPSA) is 101 Å². The van der Waals surface area contributed by atoms with Gasteiger partial charge in [-0.15, -0.1) is 0 Å². The fraction of sp³-hybridized carbons (Fsp3) is 0.485. The number of hydrogen-bond donors (Lipinski definition) is 1. The van der Waals surface area contributed by atoms with Gasteiger partial charge in [-0.1, -0.05) is 38.1 Å². The average Bonchev–Trinajstić information content (AvgIpc) is 3.87. The van der Waals surface area contributed by atoms with Crippen LogP contribution in [0.2, 0.25) is 0 Å². The van der Waals surface area contributed by atoms with Crippen LogP contribution in [0, 0.1) is 11.7 Å². The highest BCUT2D eigenvalue weighted by Crippen LogP contribution is 2.40. The van der Waals surface area contributed by atoms with E-state index in [9.17, 15) is 9.59 Å². The minimum absolute atomic E-state index is 0.0759. The van der Waals surface area contributed by atoms with Crippen LogP contribution in [0.5, 0.6) is 0 Å². The van der Waals surface area contributed by atoms with E-state index in [1.54, 1.807) is 36.5 Å². The van der Waals surface area contributed by atoms with Gasteiger partial charge in [-0.05, 0) is 49.9 Å². The van der Waals surface area contributed by atoms with Crippen LogP contribution in [0.25, 0.3) is 11.4 Å². The molecule has 9 nitrogen and oxygen atoms in total. The van der Waals surface area contributed by atoms with Crippen molar-refractivity contribution in [3.8, 4) is 11.4 Å². The lowest BCUT2D eigenvalue weighted by atomic mass is 9.98. The number of amides is 2. The number of piperazine rings is 1. The van der Waals surface area contributed by atoms with Crippen molar-refractivity contribution in [1.29, 1.82) is 0 Å². The fourth-order valence-corrected chi connectivity index (χ4v) is 5.81. The maximum atomic E-state index is 15.3. The number of aromatic nitrogens is 3. The van der Waals surface area contributed by atoms with Gasteiger partial charge in [0.25, 0.3) is 0 Å². The molecule has 0 spiro atoms. The molecule has 228 valence electrons. The van der Waals surface area contributed by atoms with Crippen LogP contribution in [0.4, 0.5) is 4.39 Å². The monoisotopic (exact) mass is 588 g/mol. The Morgan fingerprint density at radius 1 is 1.07 bits per heavy atom. The van der Waals surface area contributed by atoms with Crippen molar-refractivity contribution >= 4 is 11.8 Å². The third kappa shape index (κ3) is 7.25. The van der Waals surface area contributed by atoms with Crippen LogP contribution in [0.15, 0.2) is 54.9 Å². The van der Waals surface area contributed by atoms with Crippen LogP contribution in [-0.4, -0.2) is 75.5 Å². The van der Waals surface area contributed by atoms with Crippen LogP contribution < -0.4 is 5.32 Å². The Bertz CT molecular complexity index is 1400. The highest BCUT2D eigenvalue weighted by Gasteiger charge is 2.43. The summed E-state index contributed by atoms with van der Waals surface area (Å²) >= 11 is 0. The SMILES string of the molecule is COCC[C@H](c1nc(C2CC2)ccc1F)N1C[C@@H](C)N(C(=O)C(C)C)[C@@H](C(=O)NCc2ccc(-c3ncccn3)cc2)C1. The third-order valence-corrected chi connectivity index (χ3v) is 8.25. The lowest BCUT2D eigenvalue weighted by molar-refractivity contribution is -0.151. The van der Waals surface area contributed by atoms with E-state index in [-0.39, 0.29) is 42.2 Å². The zero-order valence-electron chi connectivity index (χ0n) is 25.4. The summed E-state index contributed by atoms with van der Waals surface area (Å²) in [6.07, 6.45) is 6.05. The number of benzene rings is 1. The zero-order valence-corrected chi connectivity index (χ0v) is 25.4. The van der Waals surface area contributed by atoms with Gasteiger partial charge in [-0.2, -0.15) is 0 Å². The third-order valence-electron chi connectivity index (χ3n) is 8.25. The Balaban J connectivity index is 1.36. The molecule has 10 heteroatoms. The molecule has 43 heavy (non-hydrogen) atoms.